The molecule has 2 N–H and O–H groups in total. The lowest BCUT2D eigenvalue weighted by molar-refractivity contribution is 0.485. The number of hydrogen-bond acceptors (Lipinski definition) is 5. The number of nitrogens with two attached hydrogens (primary N) is 1. The highest BCUT2D eigenvalue weighted by Gasteiger charge is 2.16. The predicted octanol–water partition coefficient (Wildman–Crippen LogP) is 1.68. The minimum Gasteiger partial charge on any atom is -0.324 e. The molecule has 3 nitrogen and oxygen atoms in total. The molecule has 1 aromatic rings. The van der Waals surface area contributed by atoms with E-state index in [-0.39, 0.29) is 0 Å². The van der Waals surface area contributed by atoms with Crippen LogP contribution in [-0.2, 0) is 13.0 Å². The first-order chi connectivity index (χ1) is 6.88. The maximum Gasteiger partial charge on any atom is 0.131 e. The highest BCUT2D eigenvalue weighted by molar-refractivity contribution is 7.99. The molecule has 1 aliphatic rings. The normalized spacial score (nSPS) is 18.6. The van der Waals surface area contributed by atoms with Crippen molar-refractivity contribution in [2.75, 3.05) is 11.5 Å². The molecule has 1 saturated heterocycles. The number of rotatable bonds is 3. The summed E-state index contributed by atoms with van der Waals surface area (Å²) in [5.74, 6) is 3.45. The van der Waals surface area contributed by atoms with Crippen molar-refractivity contribution in [1.82, 2.24) is 10.2 Å². The molecule has 0 saturated carbocycles. The van der Waals surface area contributed by atoms with E-state index in [1.54, 1.807) is 11.3 Å². The van der Waals surface area contributed by atoms with Crippen molar-refractivity contribution in [2.45, 2.75) is 25.8 Å². The smallest absolute Gasteiger partial charge is 0.131 e. The quantitative estimate of drug-likeness (QED) is 0.857. The Morgan fingerprint density at radius 2 is 1.93 bits per heavy atom. The number of nitrogens with zero attached hydrogens (tertiary/aromatic N) is 2. The highest BCUT2D eigenvalue weighted by atomic mass is 32.2. The third kappa shape index (κ3) is 2.68. The van der Waals surface area contributed by atoms with E-state index < -0.39 is 0 Å². The first-order valence-corrected chi connectivity index (χ1v) is 6.94. The fraction of sp³-hybridized carbons (Fsp3) is 0.778. The molecule has 0 aliphatic carbocycles. The Hall–Kier alpha value is -0.130. The average Bonchev–Trinajstić information content (AvgIpc) is 2.67. The lowest BCUT2D eigenvalue weighted by atomic mass is 9.99. The highest BCUT2D eigenvalue weighted by Crippen LogP contribution is 2.26. The van der Waals surface area contributed by atoms with Gasteiger partial charge in [-0.25, -0.2) is 0 Å². The number of thioether (sulfide) groups is 1. The minimum absolute atomic E-state index is 0.526. The van der Waals surface area contributed by atoms with Crippen molar-refractivity contribution in [1.29, 1.82) is 0 Å². The second kappa shape index (κ2) is 5.09. The lowest BCUT2D eigenvalue weighted by Gasteiger charge is -2.19. The van der Waals surface area contributed by atoms with Gasteiger partial charge in [-0.3, -0.25) is 0 Å². The summed E-state index contributed by atoms with van der Waals surface area (Å²) in [5.41, 5.74) is 5.50. The maximum atomic E-state index is 5.50. The first-order valence-electron chi connectivity index (χ1n) is 4.97. The fourth-order valence-corrected chi connectivity index (χ4v) is 3.69. The average molecular weight is 229 g/mol. The molecule has 5 heteroatoms. The van der Waals surface area contributed by atoms with Crippen LogP contribution in [0.15, 0.2) is 0 Å². The molecule has 0 atom stereocenters. The molecule has 1 fully saturated rings. The van der Waals surface area contributed by atoms with E-state index in [1.807, 2.05) is 0 Å². The molecule has 0 aromatic carbocycles. The van der Waals surface area contributed by atoms with Crippen LogP contribution in [0, 0.1) is 5.92 Å². The molecule has 1 aromatic heterocycles. The third-order valence-electron chi connectivity index (χ3n) is 2.49. The summed E-state index contributed by atoms with van der Waals surface area (Å²) in [6.45, 7) is 0.526. The van der Waals surface area contributed by atoms with Gasteiger partial charge in [0.25, 0.3) is 0 Å². The Bertz CT molecular complexity index is 281. The van der Waals surface area contributed by atoms with Gasteiger partial charge in [-0.1, -0.05) is 0 Å². The molecule has 0 bridgehead atoms. The molecular weight excluding hydrogens is 214 g/mol. The Kier molecular flexibility index (Phi) is 3.78. The van der Waals surface area contributed by atoms with Crippen molar-refractivity contribution in [3.05, 3.63) is 10.0 Å². The van der Waals surface area contributed by atoms with Gasteiger partial charge in [-0.2, -0.15) is 11.8 Å². The molecule has 78 valence electrons. The SMILES string of the molecule is NCc1nnc(CC2CCSCC2)s1. The maximum absolute atomic E-state index is 5.50. The van der Waals surface area contributed by atoms with E-state index in [2.05, 4.69) is 22.0 Å². The minimum atomic E-state index is 0.526. The molecule has 2 rings (SSSR count). The molecule has 2 heterocycles. The van der Waals surface area contributed by atoms with Crippen LogP contribution in [0.25, 0.3) is 0 Å². The van der Waals surface area contributed by atoms with Crippen LogP contribution in [0.4, 0.5) is 0 Å². The second-order valence-electron chi connectivity index (χ2n) is 3.55. The summed E-state index contributed by atoms with van der Waals surface area (Å²) in [4.78, 5) is 0. The van der Waals surface area contributed by atoms with Crippen molar-refractivity contribution in [3.63, 3.8) is 0 Å². The van der Waals surface area contributed by atoms with Gasteiger partial charge in [0.15, 0.2) is 0 Å². The van der Waals surface area contributed by atoms with Crippen molar-refractivity contribution >= 4 is 23.1 Å². The zero-order valence-corrected chi connectivity index (χ0v) is 9.74. The van der Waals surface area contributed by atoms with Gasteiger partial charge in [-0.15, -0.1) is 21.5 Å². The summed E-state index contributed by atoms with van der Waals surface area (Å²) < 4.78 is 0. The van der Waals surface area contributed by atoms with Crippen LogP contribution < -0.4 is 5.73 Å². The van der Waals surface area contributed by atoms with Crippen molar-refractivity contribution in [2.24, 2.45) is 11.7 Å². The van der Waals surface area contributed by atoms with Crippen LogP contribution in [0.5, 0.6) is 0 Å². The monoisotopic (exact) mass is 229 g/mol. The van der Waals surface area contributed by atoms with E-state index in [0.717, 1.165) is 17.3 Å². The Morgan fingerprint density at radius 1 is 1.21 bits per heavy atom. The van der Waals surface area contributed by atoms with Gasteiger partial charge in [-0.05, 0) is 30.3 Å². The largest absolute Gasteiger partial charge is 0.324 e. The molecule has 14 heavy (non-hydrogen) atoms. The first kappa shape index (κ1) is 10.4. The summed E-state index contributed by atoms with van der Waals surface area (Å²) >= 11 is 3.74. The summed E-state index contributed by atoms with van der Waals surface area (Å²) in [6.07, 6.45) is 3.78. The standard InChI is InChI=1S/C9H15N3S2/c10-6-9-12-11-8(14-9)5-7-1-3-13-4-2-7/h7H,1-6,10H2. The van der Waals surface area contributed by atoms with E-state index >= 15 is 0 Å². The molecule has 0 unspecified atom stereocenters. The van der Waals surface area contributed by atoms with Crippen LogP contribution in [0.2, 0.25) is 0 Å². The zero-order chi connectivity index (χ0) is 9.80. The molecule has 0 amide bonds. The summed E-state index contributed by atoms with van der Waals surface area (Å²) in [5, 5.41) is 10.3. The van der Waals surface area contributed by atoms with Crippen molar-refractivity contribution in [3.8, 4) is 0 Å². The van der Waals surface area contributed by atoms with E-state index in [4.69, 9.17) is 5.73 Å². The van der Waals surface area contributed by atoms with Gasteiger partial charge in [0.1, 0.15) is 10.0 Å². The van der Waals surface area contributed by atoms with E-state index in [1.165, 1.54) is 29.4 Å². The van der Waals surface area contributed by atoms with Gasteiger partial charge in [0.2, 0.25) is 0 Å². The molecule has 0 radical (unpaired) electrons. The third-order valence-corrected chi connectivity index (χ3v) is 4.50. The van der Waals surface area contributed by atoms with E-state index in [0.29, 0.717) is 6.54 Å². The second-order valence-corrected chi connectivity index (χ2v) is 5.92. The van der Waals surface area contributed by atoms with Gasteiger partial charge >= 0.3 is 0 Å². The fourth-order valence-electron chi connectivity index (χ4n) is 1.65. The lowest BCUT2D eigenvalue weighted by Crippen LogP contribution is -2.11. The zero-order valence-electron chi connectivity index (χ0n) is 8.11. The van der Waals surface area contributed by atoms with Crippen LogP contribution in [-0.4, -0.2) is 21.7 Å². The molecule has 1 aliphatic heterocycles. The summed E-state index contributed by atoms with van der Waals surface area (Å²) in [7, 11) is 0. The van der Waals surface area contributed by atoms with Gasteiger partial charge < -0.3 is 5.73 Å². The Balaban J connectivity index is 1.89. The van der Waals surface area contributed by atoms with Crippen LogP contribution >= 0.6 is 23.1 Å². The molecular formula is C9H15N3S2. The summed E-state index contributed by atoms with van der Waals surface area (Å²) in [6, 6.07) is 0. The number of hydrogen-bond donors (Lipinski definition) is 1. The van der Waals surface area contributed by atoms with Gasteiger partial charge in [0.05, 0.1) is 0 Å². The topological polar surface area (TPSA) is 51.8 Å². The molecule has 0 spiro atoms. The predicted molar refractivity (Wildman–Crippen MR) is 61.6 cm³/mol. The Labute approximate surface area is 92.5 Å². The van der Waals surface area contributed by atoms with E-state index in [9.17, 15) is 0 Å². The Morgan fingerprint density at radius 3 is 2.57 bits per heavy atom. The van der Waals surface area contributed by atoms with Crippen molar-refractivity contribution < 1.29 is 0 Å². The van der Waals surface area contributed by atoms with Crippen LogP contribution in [0.1, 0.15) is 22.9 Å². The van der Waals surface area contributed by atoms with Gasteiger partial charge in [0, 0.05) is 13.0 Å². The van der Waals surface area contributed by atoms with Crippen LogP contribution in [0.3, 0.4) is 0 Å². The number of aromatic nitrogens is 2.